The van der Waals surface area contributed by atoms with E-state index in [2.05, 4.69) is 5.29 Å². The third-order valence-corrected chi connectivity index (χ3v) is 1.38. The minimum absolute atomic E-state index is 0.182. The van der Waals surface area contributed by atoms with E-state index in [0.29, 0.717) is 0 Å². The van der Waals surface area contributed by atoms with Crippen LogP contribution in [0.25, 0.3) is 0 Å². The van der Waals surface area contributed by atoms with Crippen LogP contribution in [0.2, 0.25) is 0 Å². The normalized spacial score (nSPS) is 12.7. The number of hydrogen-bond acceptors (Lipinski definition) is 3. The zero-order valence-electron chi connectivity index (χ0n) is 6.81. The average molecular weight is 160 g/mol. The molecule has 64 valence electrons. The number of carbonyl (C=O) groups is 1. The van der Waals surface area contributed by atoms with Crippen LogP contribution in [0.4, 0.5) is 0 Å². The summed E-state index contributed by atoms with van der Waals surface area (Å²) in [6.45, 7) is 4.84. The summed E-state index contributed by atoms with van der Waals surface area (Å²) in [5.41, 5.74) is 0. The fourth-order valence-corrected chi connectivity index (χ4v) is 0.725. The summed E-state index contributed by atoms with van der Waals surface area (Å²) >= 11 is 0. The lowest BCUT2D eigenvalue weighted by atomic mass is 10.2. The van der Waals surface area contributed by atoms with Gasteiger partial charge >= 0.3 is 5.97 Å². The van der Waals surface area contributed by atoms with Gasteiger partial charge in [0.25, 0.3) is 0 Å². The zero-order valence-corrected chi connectivity index (χ0v) is 6.81. The van der Waals surface area contributed by atoms with Crippen LogP contribution in [0.3, 0.4) is 0 Å². The van der Waals surface area contributed by atoms with Crippen molar-refractivity contribution in [3.05, 3.63) is 4.91 Å². The molecule has 0 aliphatic carbocycles. The van der Waals surface area contributed by atoms with Crippen LogP contribution < -0.4 is 0 Å². The predicted molar refractivity (Wildman–Crippen MR) is 39.9 cm³/mol. The fraction of sp³-hybridized carbons (Fsp3) is 0.833. The Labute approximate surface area is 64.9 Å². The van der Waals surface area contributed by atoms with Crippen molar-refractivity contribution in [2.24, 2.45) is 5.29 Å². The van der Waals surface area contributed by atoms with Crippen LogP contribution in [0, 0.1) is 4.91 Å². The van der Waals surface area contributed by atoms with Gasteiger partial charge < -0.3 is 5.11 Å². The number of hydrogen-bond donors (Lipinski definition) is 1. The quantitative estimate of drug-likeness (QED) is 0.489. The molecule has 0 spiro atoms. The van der Waals surface area contributed by atoms with Crippen molar-refractivity contribution in [1.82, 2.24) is 5.01 Å². The van der Waals surface area contributed by atoms with Crippen molar-refractivity contribution in [3.63, 3.8) is 0 Å². The first-order chi connectivity index (χ1) is 5.00. The highest BCUT2D eigenvalue weighted by atomic mass is 16.4. The molecule has 0 saturated heterocycles. The molecule has 0 saturated carbocycles. The molecule has 0 heterocycles. The van der Waals surface area contributed by atoms with E-state index in [4.69, 9.17) is 5.11 Å². The molecule has 11 heavy (non-hydrogen) atoms. The van der Waals surface area contributed by atoms with Gasteiger partial charge in [-0.3, -0.25) is 0 Å². The van der Waals surface area contributed by atoms with E-state index in [1.165, 1.54) is 6.92 Å². The molecule has 5 heteroatoms. The van der Waals surface area contributed by atoms with E-state index in [9.17, 15) is 9.70 Å². The molecule has 0 rings (SSSR count). The Morgan fingerprint density at radius 1 is 1.45 bits per heavy atom. The van der Waals surface area contributed by atoms with Crippen LogP contribution in [-0.4, -0.2) is 28.2 Å². The standard InChI is InChI=1S/C6H12N2O3/c1-4(2)8(7-11)5(3)6(9)10/h4-5H,1-3H3,(H,9,10). The van der Waals surface area contributed by atoms with Crippen molar-refractivity contribution >= 4 is 5.97 Å². The van der Waals surface area contributed by atoms with Crippen LogP contribution in [0.15, 0.2) is 5.29 Å². The smallest absolute Gasteiger partial charge is 0.327 e. The highest BCUT2D eigenvalue weighted by Gasteiger charge is 2.22. The van der Waals surface area contributed by atoms with Gasteiger partial charge in [-0.15, -0.1) is 4.91 Å². The molecular formula is C6H12N2O3. The molecule has 1 atom stereocenters. The molecule has 0 bridgehead atoms. The first-order valence-electron chi connectivity index (χ1n) is 3.35. The zero-order chi connectivity index (χ0) is 9.02. The van der Waals surface area contributed by atoms with Gasteiger partial charge in [-0.2, -0.15) is 0 Å². The lowest BCUT2D eigenvalue weighted by Crippen LogP contribution is -2.39. The third-order valence-electron chi connectivity index (χ3n) is 1.38. The second kappa shape index (κ2) is 3.90. The molecule has 0 aliphatic rings. The third kappa shape index (κ3) is 2.53. The topological polar surface area (TPSA) is 70.0 Å². The summed E-state index contributed by atoms with van der Waals surface area (Å²) in [7, 11) is 0. The molecule has 0 aromatic carbocycles. The molecule has 1 N–H and O–H groups in total. The number of nitroso groups, excluding NO2 is 1. The van der Waals surface area contributed by atoms with Crippen molar-refractivity contribution in [2.75, 3.05) is 0 Å². The Balaban J connectivity index is 4.25. The van der Waals surface area contributed by atoms with Crippen molar-refractivity contribution in [2.45, 2.75) is 32.9 Å². The summed E-state index contributed by atoms with van der Waals surface area (Å²) in [5, 5.41) is 12.1. The minimum atomic E-state index is -1.04. The van der Waals surface area contributed by atoms with Crippen LogP contribution in [0.1, 0.15) is 20.8 Å². The summed E-state index contributed by atoms with van der Waals surface area (Å²) in [5.74, 6) is -1.04. The summed E-state index contributed by atoms with van der Waals surface area (Å²) < 4.78 is 0. The molecule has 0 amide bonds. The Morgan fingerprint density at radius 3 is 2.00 bits per heavy atom. The minimum Gasteiger partial charge on any atom is -0.480 e. The number of rotatable bonds is 4. The Bertz CT molecular complexity index is 158. The SMILES string of the molecule is CC(C)N(N=O)C(C)C(=O)O. The van der Waals surface area contributed by atoms with Gasteiger partial charge in [0, 0.05) is 6.04 Å². The predicted octanol–water partition coefficient (Wildman–Crippen LogP) is 0.851. The monoisotopic (exact) mass is 160 g/mol. The number of aliphatic carboxylic acids is 1. The van der Waals surface area contributed by atoms with Gasteiger partial charge in [0.15, 0.2) is 0 Å². The number of nitrogens with zero attached hydrogens (tertiary/aromatic N) is 2. The second-order valence-electron chi connectivity index (χ2n) is 2.57. The molecule has 0 aliphatic heterocycles. The summed E-state index contributed by atoms with van der Waals surface area (Å²) in [6, 6.07) is -1.04. The van der Waals surface area contributed by atoms with Crippen molar-refractivity contribution in [1.29, 1.82) is 0 Å². The maximum absolute atomic E-state index is 10.4. The highest BCUT2D eigenvalue weighted by molar-refractivity contribution is 5.72. The van der Waals surface area contributed by atoms with Crippen LogP contribution >= 0.6 is 0 Å². The first-order valence-corrected chi connectivity index (χ1v) is 3.35. The van der Waals surface area contributed by atoms with Gasteiger partial charge in [0.05, 0.1) is 5.29 Å². The molecule has 0 fully saturated rings. The van der Waals surface area contributed by atoms with E-state index in [0.717, 1.165) is 5.01 Å². The number of carboxylic acids is 1. The van der Waals surface area contributed by atoms with Gasteiger partial charge in [-0.25, -0.2) is 9.80 Å². The Kier molecular flexibility index (Phi) is 3.50. The lowest BCUT2D eigenvalue weighted by molar-refractivity contribution is -0.143. The number of carboxylic acid groups (broad SMARTS) is 1. The molecule has 1 unspecified atom stereocenters. The van der Waals surface area contributed by atoms with E-state index in [1.807, 2.05) is 0 Å². The van der Waals surface area contributed by atoms with Crippen LogP contribution in [-0.2, 0) is 4.79 Å². The Hall–Kier alpha value is -1.13. The lowest BCUT2D eigenvalue weighted by Gasteiger charge is -2.22. The maximum atomic E-state index is 10.4. The van der Waals surface area contributed by atoms with Gasteiger partial charge in [0.2, 0.25) is 0 Å². The van der Waals surface area contributed by atoms with Gasteiger partial charge in [0.1, 0.15) is 6.04 Å². The summed E-state index contributed by atoms with van der Waals surface area (Å²) in [4.78, 5) is 20.5. The van der Waals surface area contributed by atoms with Crippen LogP contribution in [0.5, 0.6) is 0 Å². The fourth-order valence-electron chi connectivity index (χ4n) is 0.725. The highest BCUT2D eigenvalue weighted by Crippen LogP contribution is 2.05. The van der Waals surface area contributed by atoms with E-state index < -0.39 is 12.0 Å². The van der Waals surface area contributed by atoms with Crippen molar-refractivity contribution < 1.29 is 9.90 Å². The molecule has 5 nitrogen and oxygen atoms in total. The summed E-state index contributed by atoms with van der Waals surface area (Å²) in [6.07, 6.45) is 0. The molecule has 0 aromatic rings. The van der Waals surface area contributed by atoms with Gasteiger partial charge in [-0.05, 0) is 20.8 Å². The van der Waals surface area contributed by atoms with E-state index in [1.54, 1.807) is 13.8 Å². The largest absolute Gasteiger partial charge is 0.480 e. The Morgan fingerprint density at radius 2 is 1.91 bits per heavy atom. The second-order valence-corrected chi connectivity index (χ2v) is 2.57. The molecule has 0 radical (unpaired) electrons. The van der Waals surface area contributed by atoms with Gasteiger partial charge in [-0.1, -0.05) is 0 Å². The first kappa shape index (κ1) is 9.87. The maximum Gasteiger partial charge on any atom is 0.327 e. The molecular weight excluding hydrogens is 148 g/mol. The molecule has 0 aromatic heterocycles. The van der Waals surface area contributed by atoms with Crippen molar-refractivity contribution in [3.8, 4) is 0 Å². The average Bonchev–Trinajstić information content (AvgIpc) is 1.88. The van der Waals surface area contributed by atoms with E-state index >= 15 is 0 Å². The van der Waals surface area contributed by atoms with E-state index in [-0.39, 0.29) is 6.04 Å².